The minimum Gasteiger partial charge on any atom is -0.461 e. The van der Waals surface area contributed by atoms with Gasteiger partial charge in [-0.2, -0.15) is 23.5 Å². The van der Waals surface area contributed by atoms with Gasteiger partial charge in [0.15, 0.2) is 0 Å². The van der Waals surface area contributed by atoms with Gasteiger partial charge in [-0.25, -0.2) is 17.9 Å². The molecule has 0 aliphatic heterocycles. The molecular formula is C85H131N9O14S5. The van der Waals surface area contributed by atoms with Crippen LogP contribution in [0.1, 0.15) is 179 Å². The summed E-state index contributed by atoms with van der Waals surface area (Å²) in [6.07, 6.45) is 27.3. The number of allylic oxidation sites excluding steroid dienone is 12. The Labute approximate surface area is 691 Å². The molecule has 0 aliphatic rings. The molecule has 2 aromatic carbocycles. The maximum absolute atomic E-state index is 14.7. The number of carbonyl (C=O) groups excluding carboxylic acids is 8. The fourth-order valence-electron chi connectivity index (χ4n) is 11.0. The Morgan fingerprint density at radius 1 is 0.496 bits per heavy atom. The number of alkyl carbamates (subject to hydrolysis) is 1. The first-order valence-electron chi connectivity index (χ1n) is 38.7. The monoisotopic (exact) mass is 1660 g/mol. The van der Waals surface area contributed by atoms with Crippen molar-refractivity contribution in [1.82, 2.24) is 41.9 Å². The summed E-state index contributed by atoms with van der Waals surface area (Å²) in [7, 11) is 2.30. The first kappa shape index (κ1) is 102. The highest BCUT2D eigenvalue weighted by Crippen LogP contribution is 2.36. The SMILES string of the molecule is C=CCOC(=O)CC[C@H](NC(=O)[C@H](CSSC(C)(C)C)NC(=O)OCC=C)C(=O)N[C@@H](CO)C(=O)N[C@@H](CSC/C=C(\C)CC/C=C(\C)CC/C=C(\C)CCCC(=C)C)C(=O)N[C@@H](CO)C(=O)N[C@@H](CSC/C=C(\C)CC/C=C(\C)CC/C=C(\C)CCCC(=C)C)C(=O)NCCNS(=O)(=O)c1cccc2c(N(C)C)cccc12. The molecule has 0 saturated heterocycles. The summed E-state index contributed by atoms with van der Waals surface area (Å²) >= 11 is 2.58. The van der Waals surface area contributed by atoms with E-state index in [4.69, 9.17) is 9.47 Å². The summed E-state index contributed by atoms with van der Waals surface area (Å²) in [5.41, 5.74) is 10.7. The van der Waals surface area contributed by atoms with Crippen LogP contribution in [0.4, 0.5) is 10.5 Å². The Morgan fingerprint density at radius 2 is 0.903 bits per heavy atom. The smallest absolute Gasteiger partial charge is 0.408 e. The molecule has 0 spiro atoms. The van der Waals surface area contributed by atoms with E-state index in [9.17, 15) is 57.0 Å². The van der Waals surface area contributed by atoms with E-state index >= 15 is 0 Å². The van der Waals surface area contributed by atoms with E-state index in [0.29, 0.717) is 16.9 Å². The molecule has 2 rings (SSSR count). The third-order valence-corrected chi connectivity index (χ3v) is 24.3. The fourth-order valence-corrected chi connectivity index (χ4v) is 16.8. The molecule has 0 saturated carbocycles. The lowest BCUT2D eigenvalue weighted by Crippen LogP contribution is -2.61. The second-order valence-electron chi connectivity index (χ2n) is 29.6. The van der Waals surface area contributed by atoms with Crippen molar-refractivity contribution in [3.63, 3.8) is 0 Å². The standard InChI is InChI=1S/C85H131N9O14S5/c1-18-50-107-77(97)45-44-69(88-83(103)74(58-111-112-85(13,14)15)93-84(104)108-51-19-2)79(99)89-70(54-95)81(101)92-73(57-110-53-47-66(12)39-25-37-64(10)35-23-33-62(8)31-21-29-60(5)6)82(102)90-71(55-96)80(100)91-72(56-109-52-46-65(11)38-24-36-63(9)34-22-32-61(7)30-20-28-59(3)4)78(98)86-48-49-87-113(105,106)76-43-27-40-67-68(76)41-26-42-75(67)94(16)17/h18-19,26-27,32-33,36-37,40-43,46-47,69-74,87,95-96H,1-3,5,20-25,28-31,34-35,38-39,44-45,48-58H2,4,6-17H3,(H,86,98)(H,88,103)(H,89,99)(H,90,102)(H,91,100)(H,92,101)(H,93,104)/b61-32+,62-33+,63-36+,64-37+,65-46+,66-47+/t69-,70-,71-,72-,73-,74-/m0/s1. The lowest BCUT2D eigenvalue weighted by molar-refractivity contribution is -0.143. The molecule has 0 heterocycles. The number of nitrogens with zero attached hydrogens (tertiary/aromatic N) is 1. The largest absolute Gasteiger partial charge is 0.461 e. The van der Waals surface area contributed by atoms with Crippen LogP contribution < -0.4 is 46.8 Å². The van der Waals surface area contributed by atoms with Gasteiger partial charge in [-0.1, -0.05) is 173 Å². The highest BCUT2D eigenvalue weighted by Gasteiger charge is 2.35. The Morgan fingerprint density at radius 3 is 1.36 bits per heavy atom. The highest BCUT2D eigenvalue weighted by atomic mass is 33.1. The van der Waals surface area contributed by atoms with Crippen molar-refractivity contribution >= 4 is 119 Å². The van der Waals surface area contributed by atoms with Gasteiger partial charge in [-0.15, -0.1) is 13.2 Å². The predicted octanol–water partition coefficient (Wildman–Crippen LogP) is 13.4. The van der Waals surface area contributed by atoms with Gasteiger partial charge in [0, 0.05) is 83.6 Å². The number of sulfonamides is 1. The van der Waals surface area contributed by atoms with Crippen molar-refractivity contribution in [2.75, 3.05) is 87.3 Å². The maximum Gasteiger partial charge on any atom is 0.408 e. The summed E-state index contributed by atoms with van der Waals surface area (Å²) < 4.78 is 40.3. The summed E-state index contributed by atoms with van der Waals surface area (Å²) in [5.74, 6) is -5.70. The van der Waals surface area contributed by atoms with Gasteiger partial charge in [-0.05, 0) is 164 Å². The van der Waals surface area contributed by atoms with Crippen LogP contribution in [0.15, 0.2) is 161 Å². The number of aliphatic hydroxyl groups excluding tert-OH is 2. The number of thioether (sulfide) groups is 2. The van der Waals surface area contributed by atoms with E-state index in [1.807, 2.05) is 84.8 Å². The molecule has 2 aromatic rings. The van der Waals surface area contributed by atoms with Crippen molar-refractivity contribution in [2.45, 2.75) is 225 Å². The highest BCUT2D eigenvalue weighted by molar-refractivity contribution is 8.77. The summed E-state index contributed by atoms with van der Waals surface area (Å²) in [5, 5.41) is 41.0. The van der Waals surface area contributed by atoms with Gasteiger partial charge in [0.2, 0.25) is 45.5 Å². The van der Waals surface area contributed by atoms with Crippen molar-refractivity contribution in [3.05, 3.63) is 156 Å². The van der Waals surface area contributed by atoms with E-state index < -0.39 is 113 Å². The molecule has 23 nitrogen and oxygen atoms in total. The molecule has 113 heavy (non-hydrogen) atoms. The average Bonchev–Trinajstić information content (AvgIpc) is 0.776. The molecule has 0 bridgehead atoms. The number of aliphatic hydroxyl groups is 2. The van der Waals surface area contributed by atoms with Crippen LogP contribution in [-0.4, -0.2) is 190 Å². The summed E-state index contributed by atoms with van der Waals surface area (Å²) in [6.45, 7) is 34.9. The number of carbonyl (C=O) groups is 8. The van der Waals surface area contributed by atoms with Gasteiger partial charge in [0.25, 0.3) is 0 Å². The number of amides is 7. The van der Waals surface area contributed by atoms with Gasteiger partial charge >= 0.3 is 12.1 Å². The number of esters is 1. The van der Waals surface area contributed by atoms with Crippen LogP contribution in [0.25, 0.3) is 10.8 Å². The molecule has 0 aromatic heterocycles. The first-order valence-corrected chi connectivity index (χ1v) is 44.8. The zero-order chi connectivity index (χ0) is 84.5. The topological polar surface area (TPSA) is 329 Å². The third kappa shape index (κ3) is 45.0. The maximum atomic E-state index is 14.7. The number of ether oxygens (including phenoxy) is 2. The second-order valence-corrected chi connectivity index (χ2v) is 36.7. The molecule has 28 heteroatoms. The molecule has 7 amide bonds. The molecule has 0 unspecified atom stereocenters. The van der Waals surface area contributed by atoms with Crippen molar-refractivity contribution in [1.29, 1.82) is 0 Å². The first-order chi connectivity index (χ1) is 53.5. The number of nitrogens with one attached hydrogen (secondary N) is 8. The molecule has 630 valence electrons. The van der Waals surface area contributed by atoms with E-state index in [1.54, 1.807) is 18.2 Å². The number of fused-ring (bicyclic) bond motifs is 1. The van der Waals surface area contributed by atoms with Crippen LogP contribution in [0.2, 0.25) is 0 Å². The lowest BCUT2D eigenvalue weighted by atomic mass is 10.0. The van der Waals surface area contributed by atoms with E-state index in [2.05, 4.69) is 127 Å². The minimum atomic E-state index is -4.11. The molecule has 0 radical (unpaired) electrons. The number of anilines is 1. The van der Waals surface area contributed by atoms with E-state index in [1.165, 1.54) is 96.8 Å². The van der Waals surface area contributed by atoms with Crippen LogP contribution in [0.5, 0.6) is 0 Å². The van der Waals surface area contributed by atoms with Gasteiger partial charge in [0.05, 0.1) is 18.1 Å². The van der Waals surface area contributed by atoms with Crippen LogP contribution in [0, 0.1) is 0 Å². The summed E-state index contributed by atoms with van der Waals surface area (Å²) in [6, 6.07) is 1.18. The Kier molecular flexibility index (Phi) is 51.2. The Hall–Kier alpha value is -7.31. The number of benzene rings is 2. The summed E-state index contributed by atoms with van der Waals surface area (Å²) in [4.78, 5) is 114. The van der Waals surface area contributed by atoms with Crippen molar-refractivity contribution in [2.24, 2.45) is 0 Å². The molecule has 10 N–H and O–H groups in total. The van der Waals surface area contributed by atoms with Crippen molar-refractivity contribution in [3.8, 4) is 0 Å². The third-order valence-electron chi connectivity index (χ3n) is 17.5. The van der Waals surface area contributed by atoms with Gasteiger partial charge in [0.1, 0.15) is 49.5 Å². The quantitative estimate of drug-likeness (QED) is 0.0127. The van der Waals surface area contributed by atoms with Crippen LogP contribution in [-0.2, 0) is 53.1 Å². The number of hydrogen-bond donors (Lipinski definition) is 10. The lowest BCUT2D eigenvalue weighted by Gasteiger charge is -2.27. The minimum absolute atomic E-state index is 0.00138. The Bertz CT molecular complexity index is 3750. The van der Waals surface area contributed by atoms with Crippen LogP contribution >= 0.6 is 45.1 Å². The zero-order valence-corrected chi connectivity index (χ0v) is 73.3. The van der Waals surface area contributed by atoms with Gasteiger partial charge in [-0.3, -0.25) is 33.6 Å². The average molecular weight is 1660 g/mol. The molecule has 0 aliphatic carbocycles. The van der Waals surface area contributed by atoms with E-state index in [0.717, 1.165) is 112 Å². The number of hydrogen-bond acceptors (Lipinski definition) is 19. The molecular weight excluding hydrogens is 1530 g/mol. The number of rotatable bonds is 58. The Balaban J connectivity index is 2.56. The normalized spacial score (nSPS) is 14.1. The predicted molar refractivity (Wildman–Crippen MR) is 470 cm³/mol. The molecule has 0 fully saturated rings. The molecule has 6 atom stereocenters. The van der Waals surface area contributed by atoms with E-state index in [-0.39, 0.29) is 59.6 Å². The fraction of sp³-hybridized carbons (Fsp3) is 0.553. The van der Waals surface area contributed by atoms with Crippen LogP contribution in [0.3, 0.4) is 0 Å². The van der Waals surface area contributed by atoms with Crippen molar-refractivity contribution < 1.29 is 66.5 Å². The van der Waals surface area contributed by atoms with Gasteiger partial charge < -0.3 is 61.8 Å². The second kappa shape index (κ2) is 56.9. The zero-order valence-electron chi connectivity index (χ0n) is 69.2.